The number of benzene rings is 1. The van der Waals surface area contributed by atoms with Crippen molar-refractivity contribution in [2.45, 2.75) is 5.66 Å². The lowest BCUT2D eigenvalue weighted by atomic mass is 10.0. The van der Waals surface area contributed by atoms with Crippen molar-refractivity contribution in [2.24, 2.45) is 5.73 Å². The molecule has 3 nitrogen and oxygen atoms in total. The standard InChI is InChI=1S/C9H9BrN2O/c10-8-3-1-2-7(6-8)9(11)4-5-13-12-9/h1-6,12H,11H2. The molecule has 1 aromatic carbocycles. The summed E-state index contributed by atoms with van der Waals surface area (Å²) in [6.07, 6.45) is 3.32. The fourth-order valence-corrected chi connectivity index (χ4v) is 1.61. The van der Waals surface area contributed by atoms with Crippen LogP contribution in [0.1, 0.15) is 5.56 Å². The highest BCUT2D eigenvalue weighted by atomic mass is 79.9. The molecule has 0 fully saturated rings. The second kappa shape index (κ2) is 3.14. The van der Waals surface area contributed by atoms with Crippen LogP contribution in [0.2, 0.25) is 0 Å². The van der Waals surface area contributed by atoms with Gasteiger partial charge < -0.3 is 10.6 Å². The van der Waals surface area contributed by atoms with Crippen LogP contribution in [0.3, 0.4) is 0 Å². The van der Waals surface area contributed by atoms with E-state index in [0.717, 1.165) is 10.0 Å². The maximum absolute atomic E-state index is 6.01. The average molecular weight is 241 g/mol. The van der Waals surface area contributed by atoms with Gasteiger partial charge in [0.25, 0.3) is 0 Å². The molecule has 0 bridgehead atoms. The van der Waals surface area contributed by atoms with Crippen LogP contribution in [-0.4, -0.2) is 0 Å². The van der Waals surface area contributed by atoms with Crippen LogP contribution < -0.4 is 11.2 Å². The fourth-order valence-electron chi connectivity index (χ4n) is 1.21. The van der Waals surface area contributed by atoms with Crippen molar-refractivity contribution in [3.05, 3.63) is 46.6 Å². The zero-order valence-corrected chi connectivity index (χ0v) is 8.41. The molecule has 1 aliphatic rings. The first kappa shape index (κ1) is 8.74. The summed E-state index contributed by atoms with van der Waals surface area (Å²) in [5, 5.41) is 0. The molecule has 68 valence electrons. The van der Waals surface area contributed by atoms with Crippen molar-refractivity contribution in [2.75, 3.05) is 0 Å². The Kier molecular flexibility index (Phi) is 2.11. The molecule has 1 atom stereocenters. The number of nitrogens with two attached hydrogens (primary N) is 1. The number of rotatable bonds is 1. The van der Waals surface area contributed by atoms with Crippen molar-refractivity contribution >= 4 is 15.9 Å². The molecule has 2 rings (SSSR count). The molecule has 13 heavy (non-hydrogen) atoms. The van der Waals surface area contributed by atoms with E-state index < -0.39 is 5.66 Å². The van der Waals surface area contributed by atoms with Gasteiger partial charge in [-0.15, -0.1) is 5.48 Å². The minimum absolute atomic E-state index is 0.705. The second-order valence-electron chi connectivity index (χ2n) is 2.90. The van der Waals surface area contributed by atoms with Crippen LogP contribution in [0, 0.1) is 0 Å². The van der Waals surface area contributed by atoms with Crippen LogP contribution in [0.15, 0.2) is 41.1 Å². The zero-order valence-electron chi connectivity index (χ0n) is 6.83. The predicted molar refractivity (Wildman–Crippen MR) is 53.4 cm³/mol. The van der Waals surface area contributed by atoms with Gasteiger partial charge in [0.15, 0.2) is 0 Å². The largest absolute Gasteiger partial charge is 0.414 e. The predicted octanol–water partition coefficient (Wildman–Crippen LogP) is 1.61. The van der Waals surface area contributed by atoms with Gasteiger partial charge in [0.1, 0.15) is 11.9 Å². The summed E-state index contributed by atoms with van der Waals surface area (Å²) in [7, 11) is 0. The fraction of sp³-hybridized carbons (Fsp3) is 0.111. The number of halogens is 1. The van der Waals surface area contributed by atoms with E-state index in [0.29, 0.717) is 0 Å². The van der Waals surface area contributed by atoms with Gasteiger partial charge in [0.05, 0.1) is 0 Å². The molecule has 1 aliphatic heterocycles. The van der Waals surface area contributed by atoms with Crippen LogP contribution in [0.25, 0.3) is 0 Å². The molecule has 1 heterocycles. The highest BCUT2D eigenvalue weighted by Crippen LogP contribution is 2.23. The Hall–Kier alpha value is -0.840. The minimum Gasteiger partial charge on any atom is -0.414 e. The Morgan fingerprint density at radius 1 is 1.46 bits per heavy atom. The van der Waals surface area contributed by atoms with Gasteiger partial charge >= 0.3 is 0 Å². The first-order valence-corrected chi connectivity index (χ1v) is 4.65. The highest BCUT2D eigenvalue weighted by molar-refractivity contribution is 9.10. The summed E-state index contributed by atoms with van der Waals surface area (Å²) in [4.78, 5) is 4.88. The summed E-state index contributed by atoms with van der Waals surface area (Å²) >= 11 is 3.39. The molecule has 1 aromatic rings. The van der Waals surface area contributed by atoms with Crippen LogP contribution in [-0.2, 0) is 10.5 Å². The minimum atomic E-state index is -0.705. The van der Waals surface area contributed by atoms with Gasteiger partial charge in [0.2, 0.25) is 0 Å². The van der Waals surface area contributed by atoms with Gasteiger partial charge in [-0.25, -0.2) is 0 Å². The van der Waals surface area contributed by atoms with Crippen molar-refractivity contribution in [3.63, 3.8) is 0 Å². The SMILES string of the molecule is NC1(c2cccc(Br)c2)C=CON1. The summed E-state index contributed by atoms with van der Waals surface area (Å²) < 4.78 is 0.997. The Labute approximate surface area is 84.7 Å². The average Bonchev–Trinajstić information content (AvgIpc) is 2.54. The quantitative estimate of drug-likeness (QED) is 0.785. The molecule has 4 heteroatoms. The Morgan fingerprint density at radius 3 is 2.92 bits per heavy atom. The molecule has 0 radical (unpaired) electrons. The van der Waals surface area contributed by atoms with Crippen LogP contribution in [0.5, 0.6) is 0 Å². The molecule has 3 N–H and O–H groups in total. The lowest BCUT2D eigenvalue weighted by Crippen LogP contribution is -2.44. The Morgan fingerprint density at radius 2 is 2.31 bits per heavy atom. The van der Waals surface area contributed by atoms with E-state index in [-0.39, 0.29) is 0 Å². The summed E-state index contributed by atoms with van der Waals surface area (Å²) in [5.41, 5.74) is 8.98. The smallest absolute Gasteiger partial charge is 0.148 e. The third kappa shape index (κ3) is 1.60. The molecular formula is C9H9BrN2O. The number of hydrogen-bond donors (Lipinski definition) is 2. The second-order valence-corrected chi connectivity index (χ2v) is 3.82. The van der Waals surface area contributed by atoms with Gasteiger partial charge in [-0.2, -0.15) is 0 Å². The first-order chi connectivity index (χ1) is 6.21. The molecule has 0 saturated heterocycles. The molecule has 0 aliphatic carbocycles. The number of nitrogens with one attached hydrogen (secondary N) is 1. The molecule has 0 aromatic heterocycles. The number of hydroxylamine groups is 1. The third-order valence-electron chi connectivity index (χ3n) is 1.93. The zero-order chi connectivity index (χ0) is 9.31. The highest BCUT2D eigenvalue weighted by Gasteiger charge is 2.28. The topological polar surface area (TPSA) is 47.3 Å². The Bertz CT molecular complexity index is 353. The number of hydrogen-bond acceptors (Lipinski definition) is 3. The normalized spacial score (nSPS) is 26.0. The van der Waals surface area contributed by atoms with E-state index in [1.54, 1.807) is 12.3 Å². The van der Waals surface area contributed by atoms with E-state index in [4.69, 9.17) is 10.6 Å². The maximum Gasteiger partial charge on any atom is 0.148 e. The van der Waals surface area contributed by atoms with E-state index in [9.17, 15) is 0 Å². The van der Waals surface area contributed by atoms with Gasteiger partial charge in [0, 0.05) is 4.47 Å². The molecule has 0 spiro atoms. The van der Waals surface area contributed by atoms with Gasteiger partial charge in [-0.3, -0.25) is 0 Å². The molecular weight excluding hydrogens is 232 g/mol. The monoisotopic (exact) mass is 240 g/mol. The van der Waals surface area contributed by atoms with Crippen molar-refractivity contribution in [3.8, 4) is 0 Å². The van der Waals surface area contributed by atoms with Gasteiger partial charge in [-0.05, 0) is 23.8 Å². The van der Waals surface area contributed by atoms with E-state index >= 15 is 0 Å². The molecule has 0 amide bonds. The first-order valence-electron chi connectivity index (χ1n) is 3.86. The summed E-state index contributed by atoms with van der Waals surface area (Å²) in [5.74, 6) is 0. The Balaban J connectivity index is 2.39. The summed E-state index contributed by atoms with van der Waals surface area (Å²) in [6, 6.07) is 7.77. The summed E-state index contributed by atoms with van der Waals surface area (Å²) in [6.45, 7) is 0. The van der Waals surface area contributed by atoms with Crippen LogP contribution >= 0.6 is 15.9 Å². The van der Waals surface area contributed by atoms with Crippen LogP contribution in [0.4, 0.5) is 0 Å². The van der Waals surface area contributed by atoms with E-state index in [1.165, 1.54) is 0 Å². The maximum atomic E-state index is 6.01. The lowest BCUT2D eigenvalue weighted by Gasteiger charge is -2.21. The van der Waals surface area contributed by atoms with Crippen molar-refractivity contribution < 1.29 is 4.84 Å². The molecule has 1 unspecified atom stereocenters. The molecule has 0 saturated carbocycles. The lowest BCUT2D eigenvalue weighted by molar-refractivity contribution is 0.0999. The van der Waals surface area contributed by atoms with E-state index in [1.807, 2.05) is 24.3 Å². The van der Waals surface area contributed by atoms with E-state index in [2.05, 4.69) is 21.4 Å². The van der Waals surface area contributed by atoms with Crippen molar-refractivity contribution in [1.82, 2.24) is 5.48 Å². The third-order valence-corrected chi connectivity index (χ3v) is 2.42. The van der Waals surface area contributed by atoms with Crippen molar-refractivity contribution in [1.29, 1.82) is 0 Å². The van der Waals surface area contributed by atoms with Gasteiger partial charge in [-0.1, -0.05) is 28.1 Å².